The van der Waals surface area contributed by atoms with E-state index in [2.05, 4.69) is 24.0 Å². The Labute approximate surface area is 158 Å². The Kier molecular flexibility index (Phi) is 6.44. The zero-order chi connectivity index (χ0) is 18.6. The van der Waals surface area contributed by atoms with Crippen molar-refractivity contribution < 1.29 is 17.7 Å². The van der Waals surface area contributed by atoms with Crippen molar-refractivity contribution >= 4 is 21.4 Å². The SMILES string of the molecule is CC(C)Cc1nc(CCOC2CCN(S(=O)(=O)c3cccs3)CC2)no1. The summed E-state index contributed by atoms with van der Waals surface area (Å²) in [7, 11) is -3.35. The Balaban J connectivity index is 1.41. The van der Waals surface area contributed by atoms with Crippen molar-refractivity contribution in [3.05, 3.63) is 29.2 Å². The number of piperidine rings is 1. The van der Waals surface area contributed by atoms with Gasteiger partial charge < -0.3 is 9.26 Å². The van der Waals surface area contributed by atoms with Crippen molar-refractivity contribution in [2.75, 3.05) is 19.7 Å². The highest BCUT2D eigenvalue weighted by molar-refractivity contribution is 7.91. The molecule has 0 unspecified atom stereocenters. The van der Waals surface area contributed by atoms with Crippen molar-refractivity contribution in [3.63, 3.8) is 0 Å². The van der Waals surface area contributed by atoms with Crippen LogP contribution in [0.15, 0.2) is 26.2 Å². The van der Waals surface area contributed by atoms with Crippen LogP contribution in [0.4, 0.5) is 0 Å². The van der Waals surface area contributed by atoms with Crippen molar-refractivity contribution in [1.29, 1.82) is 0 Å². The Morgan fingerprint density at radius 3 is 2.81 bits per heavy atom. The first kappa shape index (κ1) is 19.5. The molecular weight excluding hydrogens is 374 g/mol. The summed E-state index contributed by atoms with van der Waals surface area (Å²) in [5, 5.41) is 5.76. The molecule has 0 radical (unpaired) electrons. The number of nitrogens with zero attached hydrogens (tertiary/aromatic N) is 3. The summed E-state index contributed by atoms with van der Waals surface area (Å²) >= 11 is 1.26. The molecule has 0 amide bonds. The minimum absolute atomic E-state index is 0.0758. The molecule has 0 bridgehead atoms. The van der Waals surface area contributed by atoms with Crippen molar-refractivity contribution in [2.45, 2.75) is 49.8 Å². The van der Waals surface area contributed by atoms with Gasteiger partial charge in [-0.05, 0) is 30.2 Å². The Hall–Kier alpha value is -1.29. The van der Waals surface area contributed by atoms with E-state index in [4.69, 9.17) is 9.26 Å². The summed E-state index contributed by atoms with van der Waals surface area (Å²) in [6, 6.07) is 3.42. The monoisotopic (exact) mass is 399 g/mol. The lowest BCUT2D eigenvalue weighted by atomic mass is 10.1. The van der Waals surface area contributed by atoms with E-state index in [0.717, 1.165) is 6.42 Å². The average Bonchev–Trinajstić information content (AvgIpc) is 3.27. The van der Waals surface area contributed by atoms with Gasteiger partial charge in [-0.15, -0.1) is 11.3 Å². The van der Waals surface area contributed by atoms with Gasteiger partial charge >= 0.3 is 0 Å². The number of hydrogen-bond donors (Lipinski definition) is 0. The normalized spacial score (nSPS) is 17.2. The molecule has 1 aliphatic rings. The van der Waals surface area contributed by atoms with Crippen LogP contribution < -0.4 is 0 Å². The van der Waals surface area contributed by atoms with E-state index in [1.807, 2.05) is 0 Å². The first-order valence-corrected chi connectivity index (χ1v) is 11.2. The van der Waals surface area contributed by atoms with Gasteiger partial charge in [-0.25, -0.2) is 8.42 Å². The van der Waals surface area contributed by atoms with E-state index >= 15 is 0 Å². The van der Waals surface area contributed by atoms with Gasteiger partial charge in [0.2, 0.25) is 5.89 Å². The van der Waals surface area contributed by atoms with Crippen LogP contribution in [0.1, 0.15) is 38.4 Å². The smallest absolute Gasteiger partial charge is 0.252 e. The third-order valence-electron chi connectivity index (χ3n) is 4.26. The fourth-order valence-corrected chi connectivity index (χ4v) is 5.53. The predicted molar refractivity (Wildman–Crippen MR) is 98.6 cm³/mol. The van der Waals surface area contributed by atoms with Crippen LogP contribution in [0.2, 0.25) is 0 Å². The summed E-state index contributed by atoms with van der Waals surface area (Å²) < 4.78 is 38.1. The number of rotatable bonds is 8. The fraction of sp³-hybridized carbons (Fsp3) is 0.647. The lowest BCUT2D eigenvalue weighted by Gasteiger charge is -2.30. The largest absolute Gasteiger partial charge is 0.378 e. The highest BCUT2D eigenvalue weighted by atomic mass is 32.2. The highest BCUT2D eigenvalue weighted by Crippen LogP contribution is 2.25. The quantitative estimate of drug-likeness (QED) is 0.678. The van der Waals surface area contributed by atoms with Crippen LogP contribution in [0.3, 0.4) is 0 Å². The molecule has 3 heterocycles. The molecule has 0 aromatic carbocycles. The van der Waals surface area contributed by atoms with Gasteiger partial charge in [0, 0.05) is 25.9 Å². The summed E-state index contributed by atoms with van der Waals surface area (Å²) in [5.41, 5.74) is 0. The van der Waals surface area contributed by atoms with Crippen molar-refractivity contribution in [3.8, 4) is 0 Å². The highest BCUT2D eigenvalue weighted by Gasteiger charge is 2.30. The lowest BCUT2D eigenvalue weighted by Crippen LogP contribution is -2.40. The second-order valence-electron chi connectivity index (χ2n) is 6.86. The van der Waals surface area contributed by atoms with Gasteiger partial charge in [0.25, 0.3) is 10.0 Å². The fourth-order valence-electron chi connectivity index (χ4n) is 2.92. The van der Waals surface area contributed by atoms with E-state index in [1.54, 1.807) is 21.8 Å². The Morgan fingerprint density at radius 2 is 2.15 bits per heavy atom. The molecule has 26 heavy (non-hydrogen) atoms. The third-order valence-corrected chi connectivity index (χ3v) is 7.53. The molecule has 3 rings (SSSR count). The first-order chi connectivity index (χ1) is 12.4. The maximum atomic E-state index is 12.5. The van der Waals surface area contributed by atoms with Crippen LogP contribution in [0.25, 0.3) is 0 Å². The van der Waals surface area contributed by atoms with Gasteiger partial charge in [-0.1, -0.05) is 25.1 Å². The summed E-state index contributed by atoms with van der Waals surface area (Å²) in [5.74, 6) is 1.82. The number of hydrogen-bond acceptors (Lipinski definition) is 7. The van der Waals surface area contributed by atoms with Gasteiger partial charge in [0.15, 0.2) is 5.82 Å². The summed E-state index contributed by atoms with van der Waals surface area (Å²) in [6.45, 7) is 5.72. The zero-order valence-corrected chi connectivity index (χ0v) is 16.8. The molecule has 9 heteroatoms. The minimum atomic E-state index is -3.35. The molecule has 1 fully saturated rings. The Morgan fingerprint density at radius 1 is 1.38 bits per heavy atom. The average molecular weight is 400 g/mol. The van der Waals surface area contributed by atoms with Gasteiger partial charge in [-0.2, -0.15) is 9.29 Å². The van der Waals surface area contributed by atoms with E-state index in [9.17, 15) is 8.42 Å². The minimum Gasteiger partial charge on any atom is -0.378 e. The molecule has 0 atom stereocenters. The number of ether oxygens (including phenoxy) is 1. The maximum absolute atomic E-state index is 12.5. The molecule has 0 spiro atoms. The van der Waals surface area contributed by atoms with E-state index in [0.29, 0.717) is 60.8 Å². The van der Waals surface area contributed by atoms with Crippen molar-refractivity contribution in [1.82, 2.24) is 14.4 Å². The summed E-state index contributed by atoms with van der Waals surface area (Å²) in [6.07, 6.45) is 2.87. The van der Waals surface area contributed by atoms with E-state index < -0.39 is 10.0 Å². The van der Waals surface area contributed by atoms with Crippen LogP contribution in [-0.2, 0) is 27.6 Å². The van der Waals surface area contributed by atoms with E-state index in [-0.39, 0.29) is 6.10 Å². The molecule has 144 valence electrons. The van der Waals surface area contributed by atoms with Gasteiger partial charge in [0.05, 0.1) is 12.7 Å². The van der Waals surface area contributed by atoms with Crippen LogP contribution >= 0.6 is 11.3 Å². The van der Waals surface area contributed by atoms with Gasteiger partial charge in [0.1, 0.15) is 4.21 Å². The lowest BCUT2D eigenvalue weighted by molar-refractivity contribution is 0.0222. The number of aromatic nitrogens is 2. The number of sulfonamides is 1. The molecule has 0 saturated carbocycles. The maximum Gasteiger partial charge on any atom is 0.252 e. The molecule has 0 aliphatic carbocycles. The Bertz CT molecular complexity index is 779. The molecule has 1 saturated heterocycles. The molecule has 1 aliphatic heterocycles. The van der Waals surface area contributed by atoms with Crippen LogP contribution in [0.5, 0.6) is 0 Å². The molecule has 2 aromatic heterocycles. The second-order valence-corrected chi connectivity index (χ2v) is 9.97. The standard InChI is InChI=1S/C17H25N3O4S2/c1-13(2)12-16-18-15(19-24-16)7-10-23-14-5-8-20(9-6-14)26(21,22)17-4-3-11-25-17/h3-4,11,13-14H,5-10,12H2,1-2H3. The number of thiophene rings is 1. The predicted octanol–water partition coefficient (Wildman–Crippen LogP) is 2.74. The topological polar surface area (TPSA) is 85.5 Å². The third kappa shape index (κ3) is 4.91. The van der Waals surface area contributed by atoms with Gasteiger partial charge in [-0.3, -0.25) is 0 Å². The van der Waals surface area contributed by atoms with E-state index in [1.165, 1.54) is 11.3 Å². The van der Waals surface area contributed by atoms with Crippen LogP contribution in [0, 0.1) is 5.92 Å². The molecule has 7 nitrogen and oxygen atoms in total. The molecule has 0 N–H and O–H groups in total. The van der Waals surface area contributed by atoms with Crippen molar-refractivity contribution in [2.24, 2.45) is 5.92 Å². The second kappa shape index (κ2) is 8.60. The first-order valence-electron chi connectivity index (χ1n) is 8.92. The summed E-state index contributed by atoms with van der Waals surface area (Å²) in [4.78, 5) is 4.36. The zero-order valence-electron chi connectivity index (χ0n) is 15.1. The molecule has 2 aromatic rings. The van der Waals surface area contributed by atoms with Crippen LogP contribution in [-0.4, -0.2) is 48.7 Å². The molecular formula is C17H25N3O4S2.